The molecule has 0 aromatic heterocycles. The van der Waals surface area contributed by atoms with Crippen LogP contribution in [0, 0.1) is 11.8 Å². The van der Waals surface area contributed by atoms with Crippen LogP contribution in [0.2, 0.25) is 0 Å². The monoisotopic (exact) mass is 846 g/mol. The molecular weight excluding hydrogens is 772 g/mol. The summed E-state index contributed by atoms with van der Waals surface area (Å²) in [5, 5.41) is 105. The predicted octanol–water partition coefficient (Wildman–Crippen LogP) is -5.17. The van der Waals surface area contributed by atoms with Crippen LogP contribution in [-0.2, 0) is 52.1 Å². The largest absolute Gasteiger partial charge is 0.394 e. The van der Waals surface area contributed by atoms with E-state index in [1.54, 1.807) is 21.1 Å². The van der Waals surface area contributed by atoms with Gasteiger partial charge in [-0.3, -0.25) is 0 Å². The first-order chi connectivity index (χ1) is 26.9. The zero-order chi connectivity index (χ0) is 44.2. The molecule has 0 aromatic carbocycles. The van der Waals surface area contributed by atoms with Crippen LogP contribution in [0.4, 0.5) is 0 Å². The molecule has 2 rings (SSSR count). The molecule has 11 N–H and O–H groups in total. The maximum atomic E-state index is 9.94. The lowest BCUT2D eigenvalue weighted by atomic mass is 10.0. The van der Waals surface area contributed by atoms with Gasteiger partial charge in [0, 0.05) is 68.7 Å². The molecule has 0 bridgehead atoms. The van der Waals surface area contributed by atoms with Crippen molar-refractivity contribution in [1.82, 2.24) is 0 Å². The summed E-state index contributed by atoms with van der Waals surface area (Å²) in [6.07, 6.45) is -14.5. The highest BCUT2D eigenvalue weighted by atomic mass is 16.7. The highest BCUT2D eigenvalue weighted by molar-refractivity contribution is 4.86. The summed E-state index contributed by atoms with van der Waals surface area (Å²) >= 11 is 0. The van der Waals surface area contributed by atoms with Crippen molar-refractivity contribution in [2.75, 3.05) is 110 Å². The lowest BCUT2D eigenvalue weighted by Gasteiger charge is -2.24. The summed E-state index contributed by atoms with van der Waals surface area (Å²) in [7, 11) is 11.8. The molecule has 10 unspecified atom stereocenters. The van der Waals surface area contributed by atoms with Crippen molar-refractivity contribution < 1.29 is 108 Å². The van der Waals surface area contributed by atoms with Crippen molar-refractivity contribution in [2.45, 2.75) is 106 Å². The van der Waals surface area contributed by atoms with Gasteiger partial charge in [0.15, 0.2) is 12.6 Å². The third-order valence-electron chi connectivity index (χ3n) is 8.64. The molecule has 2 aliphatic rings. The zero-order valence-corrected chi connectivity index (χ0v) is 34.9. The van der Waals surface area contributed by atoms with Crippen LogP contribution in [-0.4, -0.2) is 258 Å². The molecular formula is C35H74O22. The molecule has 2 fully saturated rings. The topological polar surface area (TPSA) is 324 Å². The summed E-state index contributed by atoms with van der Waals surface area (Å²) < 4.78 is 54.8. The molecule has 16 atom stereocenters. The van der Waals surface area contributed by atoms with E-state index < -0.39 is 85.8 Å². The first kappa shape index (κ1) is 58.2. The van der Waals surface area contributed by atoms with E-state index >= 15 is 0 Å². The first-order valence-electron chi connectivity index (χ1n) is 18.3. The van der Waals surface area contributed by atoms with Crippen LogP contribution < -0.4 is 0 Å². The average Bonchev–Trinajstić information content (AvgIpc) is 3.65. The van der Waals surface area contributed by atoms with E-state index in [-0.39, 0.29) is 70.8 Å². The maximum Gasteiger partial charge on any atom is 0.163 e. The van der Waals surface area contributed by atoms with E-state index in [9.17, 15) is 46.0 Å². The van der Waals surface area contributed by atoms with Crippen molar-refractivity contribution in [3.8, 4) is 0 Å². The summed E-state index contributed by atoms with van der Waals surface area (Å²) in [6, 6.07) is 0. The van der Waals surface area contributed by atoms with Gasteiger partial charge in [-0.05, 0) is 0 Å². The van der Waals surface area contributed by atoms with E-state index in [4.69, 9.17) is 48.1 Å². The molecule has 22 heteroatoms. The van der Waals surface area contributed by atoms with Gasteiger partial charge in [-0.25, -0.2) is 0 Å². The lowest BCUT2D eigenvalue weighted by molar-refractivity contribution is -0.184. The number of hydrogen-bond acceptors (Lipinski definition) is 22. The Bertz CT molecular complexity index is 901. The van der Waals surface area contributed by atoms with E-state index in [0.29, 0.717) is 0 Å². The van der Waals surface area contributed by atoms with Gasteiger partial charge >= 0.3 is 0 Å². The van der Waals surface area contributed by atoms with Crippen molar-refractivity contribution in [3.63, 3.8) is 0 Å². The van der Waals surface area contributed by atoms with Crippen LogP contribution in [0.1, 0.15) is 13.8 Å². The number of aliphatic hydroxyl groups is 11. The Labute approximate surface area is 335 Å². The van der Waals surface area contributed by atoms with Gasteiger partial charge in [-0.15, -0.1) is 0 Å². The van der Waals surface area contributed by atoms with Crippen LogP contribution >= 0.6 is 0 Å². The number of aliphatic hydroxyl groups excluding tert-OH is 11. The molecule has 22 nitrogen and oxygen atoms in total. The Morgan fingerprint density at radius 1 is 0.474 bits per heavy atom. The molecule has 0 spiro atoms. The third kappa shape index (κ3) is 22.0. The van der Waals surface area contributed by atoms with Crippen molar-refractivity contribution in [3.05, 3.63) is 0 Å². The van der Waals surface area contributed by atoms with Crippen molar-refractivity contribution in [2.24, 2.45) is 11.8 Å². The van der Waals surface area contributed by atoms with E-state index in [1.807, 2.05) is 6.92 Å². The summed E-state index contributed by atoms with van der Waals surface area (Å²) in [5.41, 5.74) is 0. The second kappa shape index (κ2) is 33.8. The van der Waals surface area contributed by atoms with Gasteiger partial charge in [-0.1, -0.05) is 13.8 Å². The number of hydrogen-bond donors (Lipinski definition) is 11. The van der Waals surface area contributed by atoms with Crippen LogP contribution in [0.3, 0.4) is 0 Å². The lowest BCUT2D eigenvalue weighted by Crippen LogP contribution is -2.43. The molecule has 0 radical (unpaired) electrons. The van der Waals surface area contributed by atoms with Gasteiger partial charge < -0.3 is 108 Å². The normalized spacial score (nSPS) is 29.2. The molecule has 2 heterocycles. The smallest absolute Gasteiger partial charge is 0.163 e. The highest BCUT2D eigenvalue weighted by Crippen LogP contribution is 2.30. The maximum absolute atomic E-state index is 9.94. The van der Waals surface area contributed by atoms with Crippen LogP contribution in [0.5, 0.6) is 0 Å². The fraction of sp³-hybridized carbons (Fsp3) is 1.00. The van der Waals surface area contributed by atoms with E-state index in [0.717, 1.165) is 0 Å². The Kier molecular flexibility index (Phi) is 34.5. The summed E-state index contributed by atoms with van der Waals surface area (Å²) in [5.74, 6) is -0.432. The fourth-order valence-corrected chi connectivity index (χ4v) is 5.37. The standard InChI is InChI=1S/2C13H26O8.C7H16O5.C2H6O/c1-7-12(19-3)10(4-14)21-13(7)20-6-9(16)11(17)8(15)5-18-2;1-7-11(16)10(6-19-3)21-13(7)20-5-9(15)12(17)8(14)4-18-2;1-11-3-5(8)7(10)6(9)4-12-2;1-3-2/h2*7-17H,4-6H2,1-3H3;5-10H,3-4H2,1-2H3;1-2H3/t7?,8?,9?,10-,11?,12-,13-;7?,8?,9?,10-,11-,12?,13-;;/m11../s1. The molecule has 2 saturated heterocycles. The number of ether oxygens (including phenoxy) is 11. The molecule has 2 aliphatic heterocycles. The van der Waals surface area contributed by atoms with Crippen molar-refractivity contribution >= 4 is 0 Å². The number of rotatable bonds is 24. The quantitative estimate of drug-likeness (QED) is 0.0433. The van der Waals surface area contributed by atoms with Gasteiger partial charge in [0.05, 0.1) is 65.1 Å². The molecule has 346 valence electrons. The average molecular weight is 847 g/mol. The zero-order valence-electron chi connectivity index (χ0n) is 34.9. The second-order valence-corrected chi connectivity index (χ2v) is 13.4. The molecule has 0 amide bonds. The van der Waals surface area contributed by atoms with Crippen molar-refractivity contribution in [1.29, 1.82) is 0 Å². The van der Waals surface area contributed by atoms with Gasteiger partial charge in [0.2, 0.25) is 0 Å². The minimum absolute atomic E-state index is 0.0120. The predicted molar refractivity (Wildman–Crippen MR) is 198 cm³/mol. The SMILES string of the molecule is COC.COCC(O)C(O)C(O)COC.COCC(O)C(O)C(O)CO[C@@H]1O[C@H](CO)[C@H](OC)C1C.COCC(O)C(O)C(O)CO[C@@H]1O[C@H](COC)[C@H](O)C1C. The van der Waals surface area contributed by atoms with Gasteiger partial charge in [0.1, 0.15) is 67.1 Å². The second-order valence-electron chi connectivity index (χ2n) is 13.4. The molecule has 57 heavy (non-hydrogen) atoms. The molecule has 0 aromatic rings. The summed E-state index contributed by atoms with van der Waals surface area (Å²) in [6.45, 7) is 2.99. The minimum Gasteiger partial charge on any atom is -0.394 e. The van der Waals surface area contributed by atoms with E-state index in [2.05, 4.69) is 14.2 Å². The molecule has 0 aliphatic carbocycles. The fourth-order valence-electron chi connectivity index (χ4n) is 5.37. The van der Waals surface area contributed by atoms with E-state index in [1.165, 1.54) is 42.7 Å². The Morgan fingerprint density at radius 3 is 1.07 bits per heavy atom. The Balaban J connectivity index is 0. The summed E-state index contributed by atoms with van der Waals surface area (Å²) in [4.78, 5) is 0. The Morgan fingerprint density at radius 2 is 0.789 bits per heavy atom. The highest BCUT2D eigenvalue weighted by Gasteiger charge is 2.44. The van der Waals surface area contributed by atoms with Crippen LogP contribution in [0.25, 0.3) is 0 Å². The van der Waals surface area contributed by atoms with Gasteiger partial charge in [0.25, 0.3) is 0 Å². The minimum atomic E-state index is -1.39. The third-order valence-corrected chi connectivity index (χ3v) is 8.64. The first-order valence-corrected chi connectivity index (χ1v) is 18.3. The van der Waals surface area contributed by atoms with Crippen LogP contribution in [0.15, 0.2) is 0 Å². The Hall–Kier alpha value is -0.880. The van der Waals surface area contributed by atoms with Gasteiger partial charge in [-0.2, -0.15) is 0 Å². The molecule has 0 saturated carbocycles. The number of methoxy groups -OCH3 is 7.